The van der Waals surface area contributed by atoms with E-state index in [2.05, 4.69) is 13.8 Å². The highest BCUT2D eigenvalue weighted by atomic mass is 32.2. The second kappa shape index (κ2) is 26.0. The Morgan fingerprint density at radius 1 is 0.556 bits per heavy atom. The number of esters is 1. The average Bonchev–Trinajstić information content (AvgIpc) is 2.84. The normalized spacial score (nSPS) is 12.6. The van der Waals surface area contributed by atoms with Crippen LogP contribution in [0.4, 0.5) is 0 Å². The Labute approximate surface area is 224 Å². The summed E-state index contributed by atoms with van der Waals surface area (Å²) >= 11 is 0. The third kappa shape index (κ3) is 23.8. The van der Waals surface area contributed by atoms with E-state index in [9.17, 15) is 17.8 Å². The monoisotopic (exact) mass is 532 g/mol. The van der Waals surface area contributed by atoms with Gasteiger partial charge in [0.05, 0.1) is 6.61 Å². The molecule has 1 N–H and O–H groups in total. The fraction of sp³-hybridized carbons (Fsp3) is 0.967. The first-order valence-corrected chi connectivity index (χ1v) is 17.1. The van der Waals surface area contributed by atoms with Crippen LogP contribution in [0.1, 0.15) is 174 Å². The second-order valence-electron chi connectivity index (χ2n) is 10.7. The summed E-state index contributed by atoms with van der Waals surface area (Å²) in [6.45, 7) is 4.71. The number of carbonyl (C=O) groups excluding carboxylic acids is 1. The van der Waals surface area contributed by atoms with Crippen molar-refractivity contribution in [2.45, 2.75) is 180 Å². The molecule has 0 aliphatic carbocycles. The topological polar surface area (TPSA) is 80.7 Å². The van der Waals surface area contributed by atoms with Crippen molar-refractivity contribution < 1.29 is 22.5 Å². The summed E-state index contributed by atoms with van der Waals surface area (Å²) in [5, 5.41) is -1.43. The van der Waals surface area contributed by atoms with Gasteiger partial charge in [0.25, 0.3) is 10.1 Å². The number of carbonyl (C=O) groups is 1. The SMILES string of the molecule is CCCCCCCCCCCCCCCCOC(=O)C(CCCCCCCCCCCC)S(=O)(=O)O. The maximum atomic E-state index is 12.3. The van der Waals surface area contributed by atoms with Gasteiger partial charge in [-0.3, -0.25) is 9.35 Å². The third-order valence-electron chi connectivity index (χ3n) is 7.18. The van der Waals surface area contributed by atoms with Crippen LogP contribution >= 0.6 is 0 Å². The van der Waals surface area contributed by atoms with Crippen molar-refractivity contribution >= 4 is 16.1 Å². The number of ether oxygens (including phenoxy) is 1. The fourth-order valence-electron chi connectivity index (χ4n) is 4.77. The quantitative estimate of drug-likeness (QED) is 0.0616. The first kappa shape index (κ1) is 35.4. The molecule has 216 valence electrons. The highest BCUT2D eigenvalue weighted by Crippen LogP contribution is 2.16. The van der Waals surface area contributed by atoms with Crippen molar-refractivity contribution in [1.29, 1.82) is 0 Å². The summed E-state index contributed by atoms with van der Waals surface area (Å²) in [6, 6.07) is 0. The van der Waals surface area contributed by atoms with Crippen molar-refractivity contribution in [2.24, 2.45) is 0 Å². The summed E-state index contributed by atoms with van der Waals surface area (Å²) in [5.74, 6) is -0.789. The molecule has 0 aliphatic heterocycles. The van der Waals surface area contributed by atoms with E-state index in [1.54, 1.807) is 0 Å². The van der Waals surface area contributed by atoms with Crippen molar-refractivity contribution in [3.05, 3.63) is 0 Å². The van der Waals surface area contributed by atoms with Gasteiger partial charge >= 0.3 is 5.97 Å². The zero-order valence-corrected chi connectivity index (χ0v) is 24.8. The predicted molar refractivity (Wildman–Crippen MR) is 153 cm³/mol. The van der Waals surface area contributed by atoms with E-state index in [0.717, 1.165) is 38.5 Å². The van der Waals surface area contributed by atoms with E-state index in [1.807, 2.05) is 0 Å². The smallest absolute Gasteiger partial charge is 0.326 e. The second-order valence-corrected chi connectivity index (χ2v) is 12.3. The minimum atomic E-state index is -4.42. The molecule has 0 heterocycles. The number of unbranched alkanes of at least 4 members (excludes halogenated alkanes) is 22. The molecule has 0 fully saturated rings. The van der Waals surface area contributed by atoms with Gasteiger partial charge in [-0.1, -0.05) is 162 Å². The lowest BCUT2D eigenvalue weighted by atomic mass is 10.0. The van der Waals surface area contributed by atoms with Crippen LogP contribution in [0.3, 0.4) is 0 Å². The molecular formula is C30H60O5S. The molecule has 0 rings (SSSR count). The van der Waals surface area contributed by atoms with Crippen LogP contribution in [0.5, 0.6) is 0 Å². The van der Waals surface area contributed by atoms with Gasteiger partial charge in [-0.15, -0.1) is 0 Å². The molecule has 5 nitrogen and oxygen atoms in total. The molecule has 0 radical (unpaired) electrons. The molecule has 0 aliphatic rings. The van der Waals surface area contributed by atoms with E-state index in [0.29, 0.717) is 6.42 Å². The Bertz CT molecular complexity index is 576. The van der Waals surface area contributed by atoms with Gasteiger partial charge in [0.15, 0.2) is 5.25 Å². The molecule has 1 unspecified atom stereocenters. The summed E-state index contributed by atoms with van der Waals surface area (Å²) in [7, 11) is -4.42. The van der Waals surface area contributed by atoms with E-state index >= 15 is 0 Å². The Morgan fingerprint density at radius 2 is 0.861 bits per heavy atom. The van der Waals surface area contributed by atoms with Crippen molar-refractivity contribution in [3.63, 3.8) is 0 Å². The van der Waals surface area contributed by atoms with Gasteiger partial charge in [0.1, 0.15) is 0 Å². The van der Waals surface area contributed by atoms with E-state index in [4.69, 9.17) is 4.74 Å². The molecule has 1 atom stereocenters. The predicted octanol–water partition coefficient (Wildman–Crippen LogP) is 9.58. The average molecular weight is 533 g/mol. The molecule has 36 heavy (non-hydrogen) atoms. The molecule has 0 aromatic carbocycles. The van der Waals surface area contributed by atoms with Gasteiger partial charge in [-0.25, -0.2) is 0 Å². The first-order chi connectivity index (χ1) is 17.4. The Balaban J connectivity index is 3.70. The zero-order valence-electron chi connectivity index (χ0n) is 24.0. The van der Waals surface area contributed by atoms with Gasteiger partial charge < -0.3 is 4.74 Å². The molecule has 0 aromatic heterocycles. The Hall–Kier alpha value is -0.620. The molecule has 6 heteroatoms. The maximum absolute atomic E-state index is 12.3. The lowest BCUT2D eigenvalue weighted by molar-refractivity contribution is -0.143. The molecule has 0 bridgehead atoms. The van der Waals surface area contributed by atoms with E-state index in [1.165, 1.54) is 109 Å². The van der Waals surface area contributed by atoms with Crippen LogP contribution in [0, 0.1) is 0 Å². The van der Waals surface area contributed by atoms with Gasteiger partial charge in [-0.2, -0.15) is 8.42 Å². The summed E-state index contributed by atoms with van der Waals surface area (Å²) in [6.07, 6.45) is 29.0. The highest BCUT2D eigenvalue weighted by Gasteiger charge is 2.31. The molecule has 0 saturated carbocycles. The Kier molecular flexibility index (Phi) is 25.6. The largest absolute Gasteiger partial charge is 0.465 e. The lowest BCUT2D eigenvalue weighted by Gasteiger charge is -2.13. The van der Waals surface area contributed by atoms with Crippen LogP contribution in [0.25, 0.3) is 0 Å². The van der Waals surface area contributed by atoms with Crippen LogP contribution in [-0.4, -0.2) is 30.8 Å². The number of hydrogen-bond donors (Lipinski definition) is 1. The maximum Gasteiger partial charge on any atom is 0.326 e. The van der Waals surface area contributed by atoms with Crippen molar-refractivity contribution in [2.75, 3.05) is 6.61 Å². The molecule has 0 amide bonds. The van der Waals surface area contributed by atoms with Crippen LogP contribution < -0.4 is 0 Å². The van der Waals surface area contributed by atoms with Gasteiger partial charge in [-0.05, 0) is 12.8 Å². The first-order valence-electron chi connectivity index (χ1n) is 15.6. The highest BCUT2D eigenvalue weighted by molar-refractivity contribution is 7.87. The zero-order chi connectivity index (χ0) is 26.7. The van der Waals surface area contributed by atoms with Crippen molar-refractivity contribution in [3.8, 4) is 0 Å². The van der Waals surface area contributed by atoms with Crippen LogP contribution in [0.15, 0.2) is 0 Å². The third-order valence-corrected chi connectivity index (χ3v) is 8.33. The van der Waals surface area contributed by atoms with Crippen LogP contribution in [0.2, 0.25) is 0 Å². The number of rotatable bonds is 28. The van der Waals surface area contributed by atoms with Crippen molar-refractivity contribution in [1.82, 2.24) is 0 Å². The molecule has 0 saturated heterocycles. The summed E-state index contributed by atoms with van der Waals surface area (Å²) in [5.41, 5.74) is 0. The molecular weight excluding hydrogens is 472 g/mol. The van der Waals surface area contributed by atoms with E-state index < -0.39 is 21.3 Å². The van der Waals surface area contributed by atoms with Gasteiger partial charge in [0.2, 0.25) is 0 Å². The lowest BCUT2D eigenvalue weighted by Crippen LogP contribution is -2.32. The standard InChI is InChI=1S/C30H60O5S/c1-3-5-7-9-11-13-15-16-17-18-20-22-24-26-28-35-30(31)29(36(32,33)34)27-25-23-21-19-14-12-10-8-6-4-2/h29H,3-28H2,1-2H3,(H,32,33,34). The minimum absolute atomic E-state index is 0.146. The fourth-order valence-corrected chi connectivity index (χ4v) is 5.54. The van der Waals surface area contributed by atoms with Crippen LogP contribution in [-0.2, 0) is 19.6 Å². The summed E-state index contributed by atoms with van der Waals surface area (Å²) < 4.78 is 38.0. The molecule has 0 aromatic rings. The minimum Gasteiger partial charge on any atom is -0.465 e. The summed E-state index contributed by atoms with van der Waals surface area (Å²) in [4.78, 5) is 12.3. The van der Waals surface area contributed by atoms with Gasteiger partial charge in [0, 0.05) is 0 Å². The Morgan fingerprint density at radius 3 is 1.19 bits per heavy atom. The molecule has 0 spiro atoms. The number of hydrogen-bond acceptors (Lipinski definition) is 4. The van der Waals surface area contributed by atoms with E-state index in [-0.39, 0.29) is 13.0 Å².